The highest BCUT2D eigenvalue weighted by molar-refractivity contribution is 6.36. The van der Waals surface area contributed by atoms with Gasteiger partial charge in [0.05, 0.1) is 28.0 Å². The molecule has 3 aromatic carbocycles. The Morgan fingerprint density at radius 2 is 1.46 bits per heavy atom. The summed E-state index contributed by atoms with van der Waals surface area (Å²) in [5.41, 5.74) is 0.548. The van der Waals surface area contributed by atoms with Crippen molar-refractivity contribution in [2.24, 2.45) is 23.7 Å². The minimum absolute atomic E-state index is 0.00852. The molecule has 41 heavy (non-hydrogen) atoms. The molecule has 2 aliphatic carbocycles. The van der Waals surface area contributed by atoms with Gasteiger partial charge in [0, 0.05) is 10.6 Å². The van der Waals surface area contributed by atoms with Crippen LogP contribution in [0.25, 0.3) is 0 Å². The summed E-state index contributed by atoms with van der Waals surface area (Å²) in [5.74, 6) is -3.97. The van der Waals surface area contributed by atoms with Crippen LogP contribution in [-0.2, 0) is 9.59 Å². The lowest BCUT2D eigenvalue weighted by Gasteiger charge is -2.31. The van der Waals surface area contributed by atoms with E-state index in [9.17, 15) is 24.0 Å². The number of fused-ring (bicyclic) bond motifs is 5. The standard InChI is InChI=1S/C31H22Cl2N2O6/c32-21-10-13-23(24(33)15-21)28(37)34(35-29(38)26-19-6-7-20(14-19)27(26)30(35)39)16-25(36)17-8-11-22(12-9-17)41-31(40)18-4-2-1-3-5-18/h1-13,15,19-20,26-27H,14,16H2/t19-,20-,26-,27+/m0/s1. The highest BCUT2D eigenvalue weighted by Crippen LogP contribution is 2.52. The third-order valence-electron chi connectivity index (χ3n) is 7.77. The van der Waals surface area contributed by atoms with Crippen molar-refractivity contribution in [3.8, 4) is 5.75 Å². The van der Waals surface area contributed by atoms with E-state index in [1.54, 1.807) is 30.3 Å². The minimum Gasteiger partial charge on any atom is -0.423 e. The second-order valence-electron chi connectivity index (χ2n) is 10.2. The van der Waals surface area contributed by atoms with Crippen LogP contribution in [0.3, 0.4) is 0 Å². The Kier molecular flexibility index (Phi) is 6.97. The molecule has 1 heterocycles. The maximum absolute atomic E-state index is 13.8. The highest BCUT2D eigenvalue weighted by atomic mass is 35.5. The Bertz CT molecular complexity index is 1590. The lowest BCUT2D eigenvalue weighted by Crippen LogP contribution is -2.52. The van der Waals surface area contributed by atoms with Crippen molar-refractivity contribution >= 4 is 52.7 Å². The molecule has 3 amide bonds. The highest BCUT2D eigenvalue weighted by Gasteiger charge is 2.61. The predicted octanol–water partition coefficient (Wildman–Crippen LogP) is 5.26. The van der Waals surface area contributed by atoms with Crippen LogP contribution < -0.4 is 4.74 Å². The van der Waals surface area contributed by atoms with Crippen LogP contribution in [0.15, 0.2) is 84.9 Å². The molecule has 1 saturated heterocycles. The maximum atomic E-state index is 13.8. The number of allylic oxidation sites excluding steroid dienone is 2. The molecule has 2 bridgehead atoms. The van der Waals surface area contributed by atoms with Gasteiger partial charge in [-0.05, 0) is 72.9 Å². The first kappa shape index (κ1) is 26.9. The number of amides is 3. The fourth-order valence-electron chi connectivity index (χ4n) is 5.84. The summed E-state index contributed by atoms with van der Waals surface area (Å²) in [7, 11) is 0. The zero-order chi connectivity index (χ0) is 28.8. The van der Waals surface area contributed by atoms with Crippen molar-refractivity contribution in [2.45, 2.75) is 6.42 Å². The van der Waals surface area contributed by atoms with E-state index in [0.29, 0.717) is 10.6 Å². The van der Waals surface area contributed by atoms with Crippen molar-refractivity contribution < 1.29 is 28.7 Å². The van der Waals surface area contributed by atoms with E-state index < -0.39 is 47.9 Å². The van der Waals surface area contributed by atoms with E-state index in [2.05, 4.69) is 0 Å². The number of rotatable bonds is 7. The molecular formula is C31H22Cl2N2O6. The van der Waals surface area contributed by atoms with Crippen molar-refractivity contribution in [2.75, 3.05) is 6.54 Å². The molecule has 0 N–H and O–H groups in total. The summed E-state index contributed by atoms with van der Waals surface area (Å²) < 4.78 is 5.37. The molecule has 8 nitrogen and oxygen atoms in total. The number of esters is 1. The van der Waals surface area contributed by atoms with Gasteiger partial charge in [0.15, 0.2) is 5.78 Å². The van der Waals surface area contributed by atoms with Gasteiger partial charge in [-0.25, -0.2) is 9.80 Å². The zero-order valence-corrected chi connectivity index (χ0v) is 22.9. The number of halogens is 2. The number of Topliss-reactive ketones (excluding diaryl/α,β-unsaturated/α-hetero) is 1. The van der Waals surface area contributed by atoms with E-state index in [4.69, 9.17) is 27.9 Å². The second kappa shape index (κ2) is 10.6. The van der Waals surface area contributed by atoms with E-state index in [-0.39, 0.29) is 33.7 Å². The Morgan fingerprint density at radius 1 is 0.829 bits per heavy atom. The molecule has 4 atom stereocenters. The minimum atomic E-state index is -0.782. The van der Waals surface area contributed by atoms with E-state index in [1.807, 2.05) is 12.2 Å². The first-order chi connectivity index (χ1) is 19.7. The van der Waals surface area contributed by atoms with Gasteiger partial charge < -0.3 is 4.74 Å². The normalized spacial score (nSPS) is 22.1. The monoisotopic (exact) mass is 588 g/mol. The van der Waals surface area contributed by atoms with Crippen LogP contribution in [0.2, 0.25) is 10.0 Å². The van der Waals surface area contributed by atoms with Crippen LogP contribution in [-0.4, -0.2) is 46.0 Å². The van der Waals surface area contributed by atoms with Gasteiger partial charge in [0.25, 0.3) is 17.7 Å². The van der Waals surface area contributed by atoms with Crippen LogP contribution in [0.4, 0.5) is 0 Å². The lowest BCUT2D eigenvalue weighted by molar-refractivity contribution is -0.154. The Hall–Kier alpha value is -4.27. The number of nitrogens with zero attached hydrogens (tertiary/aromatic N) is 2. The Labute approximate surface area is 245 Å². The van der Waals surface area contributed by atoms with Crippen LogP contribution in [0, 0.1) is 23.7 Å². The Morgan fingerprint density at radius 3 is 2.07 bits per heavy atom. The first-order valence-corrected chi connectivity index (χ1v) is 13.7. The largest absolute Gasteiger partial charge is 0.423 e. The predicted molar refractivity (Wildman–Crippen MR) is 149 cm³/mol. The maximum Gasteiger partial charge on any atom is 0.343 e. The number of hydrogen-bond acceptors (Lipinski definition) is 6. The summed E-state index contributed by atoms with van der Waals surface area (Å²) in [4.78, 5) is 66.6. The number of hydrogen-bond donors (Lipinski definition) is 0. The average Bonchev–Trinajstić information content (AvgIpc) is 3.66. The fourth-order valence-corrected chi connectivity index (χ4v) is 6.33. The second-order valence-corrected chi connectivity index (χ2v) is 11.0. The average molecular weight is 589 g/mol. The molecule has 1 saturated carbocycles. The lowest BCUT2D eigenvalue weighted by atomic mass is 9.85. The fraction of sp³-hybridized carbons (Fsp3) is 0.194. The van der Waals surface area contributed by atoms with Crippen LogP contribution in [0.1, 0.15) is 37.5 Å². The quantitative estimate of drug-likeness (QED) is 0.123. The molecule has 2 fully saturated rings. The van der Waals surface area contributed by atoms with Gasteiger partial charge in [-0.15, -0.1) is 0 Å². The molecule has 0 radical (unpaired) electrons. The number of carbonyl (C=O) groups is 5. The van der Waals surface area contributed by atoms with Crippen molar-refractivity contribution in [1.82, 2.24) is 10.0 Å². The van der Waals surface area contributed by atoms with Gasteiger partial charge in [-0.1, -0.05) is 53.6 Å². The first-order valence-electron chi connectivity index (χ1n) is 13.0. The number of ether oxygens (including phenoxy) is 1. The van der Waals surface area contributed by atoms with Gasteiger partial charge in [0.2, 0.25) is 0 Å². The van der Waals surface area contributed by atoms with Crippen molar-refractivity contribution in [3.05, 3.63) is 112 Å². The summed E-state index contributed by atoms with van der Waals surface area (Å²) >= 11 is 12.3. The van der Waals surface area contributed by atoms with Crippen molar-refractivity contribution in [3.63, 3.8) is 0 Å². The summed E-state index contributed by atoms with van der Waals surface area (Å²) in [5, 5.41) is 2.02. The molecule has 3 aliphatic rings. The van der Waals surface area contributed by atoms with Gasteiger partial charge in [0.1, 0.15) is 12.3 Å². The third-order valence-corrected chi connectivity index (χ3v) is 8.32. The smallest absolute Gasteiger partial charge is 0.343 e. The number of benzene rings is 3. The molecule has 6 rings (SSSR count). The Balaban J connectivity index is 1.26. The molecule has 3 aromatic rings. The summed E-state index contributed by atoms with van der Waals surface area (Å²) in [6.45, 7) is -0.597. The van der Waals surface area contributed by atoms with E-state index >= 15 is 0 Å². The van der Waals surface area contributed by atoms with Crippen LogP contribution >= 0.6 is 23.2 Å². The summed E-state index contributed by atoms with van der Waals surface area (Å²) in [6, 6.07) is 18.5. The van der Waals surface area contributed by atoms with E-state index in [0.717, 1.165) is 16.4 Å². The molecule has 0 spiro atoms. The van der Waals surface area contributed by atoms with Crippen molar-refractivity contribution in [1.29, 1.82) is 0 Å². The van der Waals surface area contributed by atoms with Gasteiger partial charge >= 0.3 is 5.97 Å². The molecule has 0 aromatic heterocycles. The zero-order valence-electron chi connectivity index (χ0n) is 21.4. The van der Waals surface area contributed by atoms with Crippen LogP contribution in [0.5, 0.6) is 5.75 Å². The number of carbonyl (C=O) groups excluding carboxylic acids is 5. The molecule has 1 aliphatic heterocycles. The number of ketones is 1. The SMILES string of the molecule is O=C(CN(C(=O)c1ccc(Cl)cc1Cl)N1C(=O)[C@@H]2[C@H](C1=O)[C@H]1C=C[C@H]2C1)c1ccc(OC(=O)c2ccccc2)cc1. The molecule has 206 valence electrons. The molecular weight excluding hydrogens is 567 g/mol. The van der Waals surface area contributed by atoms with E-state index in [1.165, 1.54) is 42.5 Å². The number of hydrazine groups is 1. The third kappa shape index (κ3) is 4.83. The van der Waals surface area contributed by atoms with Gasteiger partial charge in [-0.2, -0.15) is 5.01 Å². The molecule has 10 heteroatoms. The molecule has 0 unspecified atom stereocenters. The van der Waals surface area contributed by atoms with Gasteiger partial charge in [-0.3, -0.25) is 19.2 Å². The topological polar surface area (TPSA) is 101 Å². The summed E-state index contributed by atoms with van der Waals surface area (Å²) in [6.07, 6.45) is 4.61. The number of imide groups is 1.